The summed E-state index contributed by atoms with van der Waals surface area (Å²) < 4.78 is 5.78. The number of carbonyl (C=O) groups excluding carboxylic acids is 1. The fourth-order valence-electron chi connectivity index (χ4n) is 4.89. The maximum atomic E-state index is 12.3. The summed E-state index contributed by atoms with van der Waals surface area (Å²) in [7, 11) is 0. The van der Waals surface area contributed by atoms with E-state index in [1.807, 2.05) is 36.0 Å². The zero-order valence-corrected chi connectivity index (χ0v) is 20.7. The Bertz CT molecular complexity index is 1190. The molecule has 186 valence electrons. The molecular formula is C25H28N8O2S. The molecule has 2 atom stereocenters. The van der Waals surface area contributed by atoms with Gasteiger partial charge in [0.15, 0.2) is 5.82 Å². The number of hydrogen-bond donors (Lipinski definition) is 2. The number of carbonyl (C=O) groups is 1. The molecule has 3 aliphatic rings. The zero-order chi connectivity index (χ0) is 24.3. The molecule has 3 fully saturated rings. The van der Waals surface area contributed by atoms with Crippen LogP contribution < -0.4 is 20.4 Å². The Balaban J connectivity index is 1.25. The van der Waals surface area contributed by atoms with E-state index in [9.17, 15) is 4.79 Å². The maximum absolute atomic E-state index is 12.3. The van der Waals surface area contributed by atoms with Gasteiger partial charge >= 0.3 is 6.03 Å². The molecule has 11 heteroatoms. The third-order valence-electron chi connectivity index (χ3n) is 6.70. The zero-order valence-electron chi connectivity index (χ0n) is 19.8. The van der Waals surface area contributed by atoms with Gasteiger partial charge in [-0.15, -0.1) is 0 Å². The minimum Gasteiger partial charge on any atom is -0.377 e. The second kappa shape index (κ2) is 10.3. The summed E-state index contributed by atoms with van der Waals surface area (Å²) >= 11 is 1.96. The van der Waals surface area contributed by atoms with Crippen LogP contribution in [0.4, 0.5) is 28.1 Å². The predicted octanol–water partition coefficient (Wildman–Crippen LogP) is 3.50. The second-order valence-corrected chi connectivity index (χ2v) is 10.3. The summed E-state index contributed by atoms with van der Waals surface area (Å²) in [5, 5.41) is 5.62. The lowest BCUT2D eigenvalue weighted by Gasteiger charge is -2.35. The standard InChI is InChI=1S/C25H28N8O2S/c34-25(28-19-2-1-9-26-14-19)27-18-5-3-17(4-6-18)22-29-23(32-10-12-36-13-11-32)31-24(30-22)33-20-7-8-21(33)16-35-15-20/h1-6,9,14,20-21H,7-8,10-13,15-16H2,(H2,27,28,34). The molecule has 3 aliphatic heterocycles. The SMILES string of the molecule is O=C(Nc1ccc(-c2nc(N3CCSCC3)nc(N3C4CCC3COC4)n2)cc1)Nc1cccnc1. The Labute approximate surface area is 213 Å². The molecule has 10 nitrogen and oxygen atoms in total. The van der Waals surface area contributed by atoms with Crippen molar-refractivity contribution in [2.24, 2.45) is 0 Å². The predicted molar refractivity (Wildman–Crippen MR) is 142 cm³/mol. The summed E-state index contributed by atoms with van der Waals surface area (Å²) in [4.78, 5) is 35.7. The first-order valence-electron chi connectivity index (χ1n) is 12.3. The Morgan fingerprint density at radius 1 is 0.917 bits per heavy atom. The highest BCUT2D eigenvalue weighted by molar-refractivity contribution is 7.99. The summed E-state index contributed by atoms with van der Waals surface area (Å²) in [6.07, 6.45) is 5.46. The van der Waals surface area contributed by atoms with Gasteiger partial charge in [-0.05, 0) is 49.2 Å². The molecule has 2 aromatic heterocycles. The van der Waals surface area contributed by atoms with Crippen LogP contribution in [0, 0.1) is 0 Å². The van der Waals surface area contributed by atoms with Gasteiger partial charge in [-0.2, -0.15) is 26.7 Å². The first-order chi connectivity index (χ1) is 17.7. The Morgan fingerprint density at radius 2 is 1.64 bits per heavy atom. The molecule has 2 unspecified atom stereocenters. The number of pyridine rings is 1. The number of morpholine rings is 1. The first-order valence-corrected chi connectivity index (χ1v) is 13.4. The van der Waals surface area contributed by atoms with Gasteiger partial charge in [0.05, 0.1) is 37.2 Å². The van der Waals surface area contributed by atoms with E-state index < -0.39 is 0 Å². The number of nitrogens with one attached hydrogen (secondary N) is 2. The fraction of sp³-hybridized carbons (Fsp3) is 0.400. The maximum Gasteiger partial charge on any atom is 0.323 e. The van der Waals surface area contributed by atoms with Crippen LogP contribution in [-0.4, -0.2) is 75.9 Å². The number of aromatic nitrogens is 4. The number of anilines is 4. The summed E-state index contributed by atoms with van der Waals surface area (Å²) in [6.45, 7) is 3.29. The molecular weight excluding hydrogens is 476 g/mol. The molecule has 0 radical (unpaired) electrons. The number of amides is 2. The Kier molecular flexibility index (Phi) is 6.56. The minimum absolute atomic E-state index is 0.314. The van der Waals surface area contributed by atoms with Crippen molar-refractivity contribution in [3.8, 4) is 11.4 Å². The van der Waals surface area contributed by atoms with Crippen molar-refractivity contribution in [1.29, 1.82) is 0 Å². The topological polar surface area (TPSA) is 108 Å². The third-order valence-corrected chi connectivity index (χ3v) is 7.64. The van der Waals surface area contributed by atoms with Gasteiger partial charge in [-0.25, -0.2) is 4.79 Å². The highest BCUT2D eigenvalue weighted by atomic mass is 32.2. The van der Waals surface area contributed by atoms with Crippen LogP contribution in [0.15, 0.2) is 48.8 Å². The second-order valence-electron chi connectivity index (χ2n) is 9.09. The van der Waals surface area contributed by atoms with Crippen LogP contribution >= 0.6 is 11.8 Å². The van der Waals surface area contributed by atoms with Crippen molar-refractivity contribution < 1.29 is 9.53 Å². The Hall–Kier alpha value is -3.44. The van der Waals surface area contributed by atoms with Crippen LogP contribution in [-0.2, 0) is 4.74 Å². The molecule has 3 aromatic rings. The van der Waals surface area contributed by atoms with Gasteiger partial charge in [0.1, 0.15) is 0 Å². The number of fused-ring (bicyclic) bond motifs is 2. The lowest BCUT2D eigenvalue weighted by Crippen LogP contribution is -2.47. The van der Waals surface area contributed by atoms with Crippen molar-refractivity contribution in [2.75, 3.05) is 58.2 Å². The van der Waals surface area contributed by atoms with Gasteiger partial charge in [-0.3, -0.25) is 4.98 Å². The van der Waals surface area contributed by atoms with Gasteiger partial charge in [0.2, 0.25) is 11.9 Å². The lowest BCUT2D eigenvalue weighted by atomic mass is 10.2. The molecule has 36 heavy (non-hydrogen) atoms. The van der Waals surface area contributed by atoms with Gasteiger partial charge < -0.3 is 25.2 Å². The molecule has 2 amide bonds. The van der Waals surface area contributed by atoms with Crippen LogP contribution in [0.25, 0.3) is 11.4 Å². The van der Waals surface area contributed by atoms with E-state index in [0.29, 0.717) is 42.5 Å². The third kappa shape index (κ3) is 4.93. The quantitative estimate of drug-likeness (QED) is 0.540. The first kappa shape index (κ1) is 23.0. The Morgan fingerprint density at radius 3 is 2.36 bits per heavy atom. The average molecular weight is 505 g/mol. The van der Waals surface area contributed by atoms with Crippen LogP contribution in [0.2, 0.25) is 0 Å². The van der Waals surface area contributed by atoms with Crippen LogP contribution in [0.1, 0.15) is 12.8 Å². The molecule has 2 bridgehead atoms. The van der Waals surface area contributed by atoms with Crippen LogP contribution in [0.5, 0.6) is 0 Å². The molecule has 1 aromatic carbocycles. The van der Waals surface area contributed by atoms with Gasteiger partial charge in [0, 0.05) is 42.0 Å². The molecule has 6 rings (SSSR count). The van der Waals surface area contributed by atoms with Gasteiger partial charge in [-0.1, -0.05) is 0 Å². The van der Waals surface area contributed by atoms with E-state index in [1.54, 1.807) is 24.5 Å². The van der Waals surface area contributed by atoms with E-state index in [0.717, 1.165) is 54.9 Å². The largest absolute Gasteiger partial charge is 0.377 e. The smallest absolute Gasteiger partial charge is 0.323 e. The molecule has 0 spiro atoms. The van der Waals surface area contributed by atoms with Crippen molar-refractivity contribution in [3.05, 3.63) is 48.8 Å². The van der Waals surface area contributed by atoms with E-state index in [2.05, 4.69) is 25.4 Å². The molecule has 3 saturated heterocycles. The molecule has 0 aliphatic carbocycles. The van der Waals surface area contributed by atoms with Gasteiger partial charge in [0.25, 0.3) is 0 Å². The highest BCUT2D eigenvalue weighted by Gasteiger charge is 2.39. The summed E-state index contributed by atoms with van der Waals surface area (Å²) in [5.41, 5.74) is 2.18. The summed E-state index contributed by atoms with van der Waals surface area (Å²) in [6, 6.07) is 11.4. The van der Waals surface area contributed by atoms with Crippen molar-refractivity contribution in [2.45, 2.75) is 24.9 Å². The van der Waals surface area contributed by atoms with Crippen molar-refractivity contribution in [3.63, 3.8) is 0 Å². The van der Waals surface area contributed by atoms with E-state index in [1.165, 1.54) is 0 Å². The monoisotopic (exact) mass is 504 g/mol. The van der Waals surface area contributed by atoms with E-state index in [4.69, 9.17) is 19.7 Å². The normalized spacial score (nSPS) is 21.3. The molecule has 5 heterocycles. The molecule has 0 saturated carbocycles. The fourth-order valence-corrected chi connectivity index (χ4v) is 5.79. The number of ether oxygens (including phenoxy) is 1. The van der Waals surface area contributed by atoms with E-state index >= 15 is 0 Å². The van der Waals surface area contributed by atoms with Crippen molar-refractivity contribution >= 4 is 41.1 Å². The number of hydrogen-bond acceptors (Lipinski definition) is 9. The van der Waals surface area contributed by atoms with Crippen molar-refractivity contribution in [1.82, 2.24) is 19.9 Å². The number of nitrogens with zero attached hydrogens (tertiary/aromatic N) is 6. The highest BCUT2D eigenvalue weighted by Crippen LogP contribution is 2.34. The number of thioether (sulfide) groups is 1. The van der Waals surface area contributed by atoms with Crippen LogP contribution in [0.3, 0.4) is 0 Å². The minimum atomic E-state index is -0.328. The average Bonchev–Trinajstić information content (AvgIpc) is 3.18. The lowest BCUT2D eigenvalue weighted by molar-refractivity contribution is 0.0897. The number of benzene rings is 1. The summed E-state index contributed by atoms with van der Waals surface area (Å²) in [5.74, 6) is 4.26. The van der Waals surface area contributed by atoms with E-state index in [-0.39, 0.29) is 6.03 Å². The number of rotatable bonds is 5. The molecule has 2 N–H and O–H groups in total. The number of urea groups is 1.